The number of benzene rings is 3. The Hall–Kier alpha value is -3.59. The molecule has 0 spiro atoms. The average Bonchev–Trinajstić information content (AvgIpc) is 3.56. The number of hydrogen-bond donors (Lipinski definition) is 3. The van der Waals surface area contributed by atoms with Gasteiger partial charge in [0.2, 0.25) is 5.91 Å². The number of halogens is 1. The second-order valence-electron chi connectivity index (χ2n) is 7.44. The number of rotatable bonds is 7. The van der Waals surface area contributed by atoms with Crippen molar-refractivity contribution in [1.82, 2.24) is 0 Å². The van der Waals surface area contributed by atoms with Crippen LogP contribution in [0.1, 0.15) is 17.9 Å². The van der Waals surface area contributed by atoms with E-state index in [1.54, 1.807) is 42.5 Å². The van der Waals surface area contributed by atoms with Crippen LogP contribution in [0.2, 0.25) is 0 Å². The molecule has 3 N–H and O–H groups in total. The Kier molecular flexibility index (Phi) is 5.75. The van der Waals surface area contributed by atoms with Crippen LogP contribution in [0.15, 0.2) is 71.6 Å². The molecule has 1 amide bonds. The summed E-state index contributed by atoms with van der Waals surface area (Å²) in [5, 5.41) is 12.7. The molecule has 2 atom stereocenters. The van der Waals surface area contributed by atoms with Crippen molar-refractivity contribution in [3.8, 4) is 11.5 Å². The first-order valence-electron chi connectivity index (χ1n) is 9.84. The minimum Gasteiger partial charge on any atom is -0.506 e. The second kappa shape index (κ2) is 8.51. The van der Waals surface area contributed by atoms with E-state index in [4.69, 9.17) is 4.74 Å². The van der Waals surface area contributed by atoms with E-state index in [1.165, 1.54) is 31.4 Å². The first-order valence-corrected chi connectivity index (χ1v) is 11.3. The summed E-state index contributed by atoms with van der Waals surface area (Å²) in [4.78, 5) is 12.5. The number of phenols is 1. The van der Waals surface area contributed by atoms with Gasteiger partial charge in [-0.15, -0.1) is 0 Å². The van der Waals surface area contributed by atoms with E-state index in [9.17, 15) is 22.7 Å². The molecule has 166 valence electrons. The van der Waals surface area contributed by atoms with E-state index in [2.05, 4.69) is 10.0 Å². The van der Waals surface area contributed by atoms with Crippen molar-refractivity contribution >= 4 is 27.3 Å². The largest absolute Gasteiger partial charge is 0.506 e. The van der Waals surface area contributed by atoms with Crippen molar-refractivity contribution in [3.05, 3.63) is 78.1 Å². The molecule has 0 heterocycles. The molecule has 1 aliphatic carbocycles. The molecular weight excluding hydrogens is 435 g/mol. The lowest BCUT2D eigenvalue weighted by Gasteiger charge is -2.13. The van der Waals surface area contributed by atoms with E-state index in [-0.39, 0.29) is 33.8 Å². The number of para-hydroxylation sites is 2. The maximum atomic E-state index is 14.0. The zero-order valence-corrected chi connectivity index (χ0v) is 17.9. The summed E-state index contributed by atoms with van der Waals surface area (Å²) in [6, 6.07) is 16.4. The number of anilines is 2. The van der Waals surface area contributed by atoms with Gasteiger partial charge in [0.15, 0.2) is 0 Å². The Morgan fingerprint density at radius 1 is 1.06 bits per heavy atom. The third-order valence-corrected chi connectivity index (χ3v) is 6.68. The first-order chi connectivity index (χ1) is 15.3. The molecule has 3 aromatic carbocycles. The van der Waals surface area contributed by atoms with Gasteiger partial charge in [-0.25, -0.2) is 12.8 Å². The maximum absolute atomic E-state index is 14.0. The van der Waals surface area contributed by atoms with Gasteiger partial charge in [0.05, 0.1) is 23.4 Å². The molecule has 1 fully saturated rings. The van der Waals surface area contributed by atoms with Gasteiger partial charge in [0.25, 0.3) is 10.0 Å². The van der Waals surface area contributed by atoms with Gasteiger partial charge >= 0.3 is 0 Å². The Morgan fingerprint density at radius 2 is 1.78 bits per heavy atom. The van der Waals surface area contributed by atoms with E-state index in [1.807, 2.05) is 0 Å². The van der Waals surface area contributed by atoms with Gasteiger partial charge in [0.1, 0.15) is 17.3 Å². The number of sulfonamides is 1. The van der Waals surface area contributed by atoms with Crippen molar-refractivity contribution in [2.24, 2.45) is 5.92 Å². The summed E-state index contributed by atoms with van der Waals surface area (Å²) < 4.78 is 47.2. The number of phenolic OH excluding ortho intramolecular Hbond substituents is 1. The zero-order chi connectivity index (χ0) is 22.9. The maximum Gasteiger partial charge on any atom is 0.262 e. The number of aromatic hydroxyl groups is 1. The van der Waals surface area contributed by atoms with Crippen LogP contribution < -0.4 is 14.8 Å². The standard InChI is InChI=1S/C23H21FN2O5S/c1-31-22-9-5-4-8-19(22)26-32(29,30)14-10-11-21(27)20(12-14)25-23(28)17-13-16(17)15-6-2-3-7-18(15)24/h2-12,16-17,26-27H,13H2,1H3,(H,25,28). The van der Waals surface area contributed by atoms with Crippen LogP contribution >= 0.6 is 0 Å². The normalized spacial score (nSPS) is 17.4. The SMILES string of the molecule is COc1ccccc1NS(=O)(=O)c1ccc(O)c(NC(=O)C2CC2c2ccccc2F)c1. The Bertz CT molecular complexity index is 1280. The van der Waals surface area contributed by atoms with E-state index >= 15 is 0 Å². The van der Waals surface area contributed by atoms with E-state index in [0.717, 1.165) is 0 Å². The summed E-state index contributed by atoms with van der Waals surface area (Å²) in [6.07, 6.45) is 0.473. The number of nitrogens with one attached hydrogen (secondary N) is 2. The molecule has 0 radical (unpaired) electrons. The van der Waals surface area contributed by atoms with Gasteiger partial charge in [-0.1, -0.05) is 30.3 Å². The van der Waals surface area contributed by atoms with Crippen LogP contribution in [0.25, 0.3) is 0 Å². The average molecular weight is 456 g/mol. The first kappa shape index (κ1) is 21.6. The van der Waals surface area contributed by atoms with Crippen molar-refractivity contribution < 1.29 is 27.4 Å². The van der Waals surface area contributed by atoms with Gasteiger partial charge < -0.3 is 15.2 Å². The molecule has 0 aliphatic heterocycles. The highest BCUT2D eigenvalue weighted by Crippen LogP contribution is 2.49. The number of hydrogen-bond acceptors (Lipinski definition) is 5. The fourth-order valence-corrected chi connectivity index (χ4v) is 4.64. The molecule has 0 aromatic heterocycles. The molecule has 4 rings (SSSR count). The highest BCUT2D eigenvalue weighted by atomic mass is 32.2. The predicted octanol–water partition coefficient (Wildman–Crippen LogP) is 4.08. The summed E-state index contributed by atoms with van der Waals surface area (Å²) in [5.41, 5.74) is 0.672. The molecule has 9 heteroatoms. The van der Waals surface area contributed by atoms with Gasteiger partial charge in [-0.3, -0.25) is 9.52 Å². The third kappa shape index (κ3) is 4.38. The molecule has 0 bridgehead atoms. The van der Waals surface area contributed by atoms with Crippen molar-refractivity contribution in [2.45, 2.75) is 17.2 Å². The lowest BCUT2D eigenvalue weighted by atomic mass is 10.1. The lowest BCUT2D eigenvalue weighted by molar-refractivity contribution is -0.117. The van der Waals surface area contributed by atoms with Crippen LogP contribution in [-0.2, 0) is 14.8 Å². The monoisotopic (exact) mass is 456 g/mol. The summed E-state index contributed by atoms with van der Waals surface area (Å²) in [6.45, 7) is 0. The number of ether oxygens (including phenoxy) is 1. The molecule has 0 saturated heterocycles. The highest BCUT2D eigenvalue weighted by molar-refractivity contribution is 7.92. The fourth-order valence-electron chi connectivity index (χ4n) is 3.54. The number of carbonyl (C=O) groups excluding carboxylic acids is 1. The second-order valence-corrected chi connectivity index (χ2v) is 9.13. The summed E-state index contributed by atoms with van der Waals surface area (Å²) >= 11 is 0. The molecule has 3 aromatic rings. The van der Waals surface area contributed by atoms with E-state index in [0.29, 0.717) is 17.7 Å². The number of amides is 1. The molecule has 2 unspecified atom stereocenters. The zero-order valence-electron chi connectivity index (χ0n) is 17.1. The summed E-state index contributed by atoms with van der Waals surface area (Å²) in [7, 11) is -2.60. The third-order valence-electron chi connectivity index (χ3n) is 5.32. The Balaban J connectivity index is 1.52. The van der Waals surface area contributed by atoms with Crippen LogP contribution in [0.5, 0.6) is 11.5 Å². The fraction of sp³-hybridized carbons (Fsp3) is 0.174. The summed E-state index contributed by atoms with van der Waals surface area (Å²) in [5.74, 6) is -1.43. The predicted molar refractivity (Wildman–Crippen MR) is 118 cm³/mol. The lowest BCUT2D eigenvalue weighted by Crippen LogP contribution is -2.17. The quantitative estimate of drug-likeness (QED) is 0.465. The molecule has 7 nitrogen and oxygen atoms in total. The molecule has 1 aliphatic rings. The van der Waals surface area contributed by atoms with Crippen molar-refractivity contribution in [1.29, 1.82) is 0 Å². The van der Waals surface area contributed by atoms with Crippen molar-refractivity contribution in [3.63, 3.8) is 0 Å². The minimum atomic E-state index is -4.03. The van der Waals surface area contributed by atoms with Crippen LogP contribution in [0.4, 0.5) is 15.8 Å². The van der Waals surface area contributed by atoms with E-state index < -0.39 is 21.8 Å². The number of methoxy groups -OCH3 is 1. The Morgan fingerprint density at radius 3 is 2.53 bits per heavy atom. The van der Waals surface area contributed by atoms with Gasteiger partial charge in [0, 0.05) is 5.92 Å². The number of carbonyl (C=O) groups is 1. The minimum absolute atomic E-state index is 0.0444. The Labute approximate surface area is 184 Å². The highest BCUT2D eigenvalue weighted by Gasteiger charge is 2.45. The molecule has 32 heavy (non-hydrogen) atoms. The van der Waals surface area contributed by atoms with Crippen LogP contribution in [-0.4, -0.2) is 26.5 Å². The molecule has 1 saturated carbocycles. The van der Waals surface area contributed by atoms with Gasteiger partial charge in [-0.2, -0.15) is 0 Å². The molecular formula is C23H21FN2O5S. The van der Waals surface area contributed by atoms with Crippen LogP contribution in [0.3, 0.4) is 0 Å². The van der Waals surface area contributed by atoms with Crippen molar-refractivity contribution in [2.75, 3.05) is 17.1 Å². The van der Waals surface area contributed by atoms with Crippen LogP contribution in [0, 0.1) is 11.7 Å². The topological polar surface area (TPSA) is 105 Å². The van der Waals surface area contributed by atoms with Gasteiger partial charge in [-0.05, 0) is 54.3 Å². The smallest absolute Gasteiger partial charge is 0.262 e.